The third-order valence-electron chi connectivity index (χ3n) is 4.07. The highest BCUT2D eigenvalue weighted by molar-refractivity contribution is 8.13. The molecule has 1 heterocycles. The van der Waals surface area contributed by atoms with Crippen LogP contribution < -0.4 is 0 Å². The second kappa shape index (κ2) is 13.9. The Balaban J connectivity index is 0.00000204. The summed E-state index contributed by atoms with van der Waals surface area (Å²) in [7, 11) is 0. The molecule has 2 aromatic rings. The Kier molecular flexibility index (Phi) is 11.9. The van der Waals surface area contributed by atoms with E-state index in [1.807, 2.05) is 32.9 Å². The first-order valence-corrected chi connectivity index (χ1v) is 11.1. The smallest absolute Gasteiger partial charge is 0.123 e. The van der Waals surface area contributed by atoms with Crippen molar-refractivity contribution in [1.82, 2.24) is 4.98 Å². The van der Waals surface area contributed by atoms with Crippen molar-refractivity contribution in [2.24, 2.45) is 4.99 Å². The maximum atomic E-state index is 13.4. The van der Waals surface area contributed by atoms with Gasteiger partial charge in [0.2, 0.25) is 0 Å². The van der Waals surface area contributed by atoms with Crippen LogP contribution >= 0.6 is 11.8 Å². The maximum absolute atomic E-state index is 13.4. The molecule has 0 aliphatic heterocycles. The number of halogens is 1. The molecule has 29 heavy (non-hydrogen) atoms. The van der Waals surface area contributed by atoms with Gasteiger partial charge < -0.3 is 0 Å². The van der Waals surface area contributed by atoms with E-state index in [9.17, 15) is 4.39 Å². The van der Waals surface area contributed by atoms with Gasteiger partial charge in [-0.2, -0.15) is 0 Å². The molecule has 1 aromatic carbocycles. The summed E-state index contributed by atoms with van der Waals surface area (Å²) in [4.78, 5) is 8.96. The summed E-state index contributed by atoms with van der Waals surface area (Å²) in [6, 6.07) is 10.6. The van der Waals surface area contributed by atoms with E-state index in [0.29, 0.717) is 0 Å². The molecule has 0 unspecified atom stereocenters. The van der Waals surface area contributed by atoms with Gasteiger partial charge in [0.25, 0.3) is 0 Å². The Morgan fingerprint density at radius 1 is 1.03 bits per heavy atom. The van der Waals surface area contributed by atoms with Crippen LogP contribution in [-0.4, -0.2) is 15.8 Å². The van der Waals surface area contributed by atoms with Gasteiger partial charge in [0.05, 0.1) is 10.7 Å². The number of benzene rings is 1. The molecule has 0 fully saturated rings. The van der Waals surface area contributed by atoms with E-state index < -0.39 is 0 Å². The maximum Gasteiger partial charge on any atom is 0.123 e. The van der Waals surface area contributed by atoms with Crippen LogP contribution in [0.4, 0.5) is 4.39 Å². The molecule has 0 saturated carbocycles. The van der Waals surface area contributed by atoms with Crippen LogP contribution in [-0.2, 0) is 6.42 Å². The molecule has 0 saturated heterocycles. The lowest BCUT2D eigenvalue weighted by Crippen LogP contribution is -1.96. The second-order valence-electron chi connectivity index (χ2n) is 6.71. The van der Waals surface area contributed by atoms with Crippen molar-refractivity contribution in [3.8, 4) is 0 Å². The first kappa shape index (κ1) is 24.8. The summed E-state index contributed by atoms with van der Waals surface area (Å²) in [6.45, 7) is 14.1. The Morgan fingerprint density at radius 3 is 2.24 bits per heavy atom. The number of hydrogen-bond acceptors (Lipinski definition) is 3. The number of thioether (sulfide) groups is 1. The third-order valence-corrected chi connectivity index (χ3v) is 5.07. The molecule has 0 spiro atoms. The molecular weight excluding hydrogens is 379 g/mol. The highest BCUT2D eigenvalue weighted by Gasteiger charge is 2.08. The normalized spacial score (nSPS) is 12.0. The van der Waals surface area contributed by atoms with Crippen molar-refractivity contribution in [2.45, 2.75) is 53.9 Å². The van der Waals surface area contributed by atoms with Gasteiger partial charge in [-0.3, -0.25) is 4.98 Å². The molecule has 0 N–H and O–H groups in total. The number of hydrogen-bond donors (Lipinski definition) is 0. The van der Waals surface area contributed by atoms with Gasteiger partial charge in [0.15, 0.2) is 0 Å². The van der Waals surface area contributed by atoms with Crippen LogP contribution in [0.1, 0.15) is 58.6 Å². The van der Waals surface area contributed by atoms with Crippen molar-refractivity contribution in [1.29, 1.82) is 0 Å². The van der Waals surface area contributed by atoms with Crippen molar-refractivity contribution in [3.63, 3.8) is 0 Å². The summed E-state index contributed by atoms with van der Waals surface area (Å²) >= 11 is 1.76. The zero-order valence-corrected chi connectivity index (χ0v) is 19.2. The van der Waals surface area contributed by atoms with Crippen molar-refractivity contribution < 1.29 is 4.39 Å². The molecule has 0 atom stereocenters. The van der Waals surface area contributed by atoms with Crippen LogP contribution in [0.2, 0.25) is 0 Å². The number of pyridine rings is 1. The summed E-state index contributed by atoms with van der Waals surface area (Å²) in [6.07, 6.45) is 6.52. The molecule has 2 nitrogen and oxygen atoms in total. The van der Waals surface area contributed by atoms with Crippen LogP contribution in [0.15, 0.2) is 71.5 Å². The Labute approximate surface area is 180 Å². The van der Waals surface area contributed by atoms with E-state index in [-0.39, 0.29) is 5.82 Å². The van der Waals surface area contributed by atoms with E-state index in [4.69, 9.17) is 4.99 Å². The SMILES string of the molecule is C=C(C)CCCSC(C)=N/C(=C(\C)Cc1ccncc1)c1ccc(F)cc1.CC. The molecule has 0 aliphatic carbocycles. The van der Waals surface area contributed by atoms with Gasteiger partial charge in [-0.15, -0.1) is 18.3 Å². The van der Waals surface area contributed by atoms with Gasteiger partial charge in [-0.05, 0) is 93.3 Å². The third kappa shape index (κ3) is 9.71. The van der Waals surface area contributed by atoms with Gasteiger partial charge in [-0.25, -0.2) is 9.38 Å². The number of allylic oxidation sites excluding steroid dienone is 2. The number of aliphatic imine (C=N–C) groups is 1. The average molecular weight is 413 g/mol. The van der Waals surface area contributed by atoms with E-state index in [1.54, 1.807) is 36.3 Å². The van der Waals surface area contributed by atoms with Crippen molar-refractivity contribution >= 4 is 22.5 Å². The lowest BCUT2D eigenvalue weighted by atomic mass is 10.0. The van der Waals surface area contributed by atoms with Crippen molar-refractivity contribution in [2.75, 3.05) is 5.75 Å². The molecule has 0 bridgehead atoms. The minimum Gasteiger partial charge on any atom is -0.265 e. The van der Waals surface area contributed by atoms with E-state index in [0.717, 1.165) is 46.9 Å². The molecule has 0 amide bonds. The predicted octanol–water partition coefficient (Wildman–Crippen LogP) is 7.73. The largest absolute Gasteiger partial charge is 0.265 e. The Hall–Kier alpha value is -2.20. The predicted molar refractivity (Wildman–Crippen MR) is 128 cm³/mol. The zero-order valence-electron chi connectivity index (χ0n) is 18.3. The molecule has 0 aliphatic rings. The van der Waals surface area contributed by atoms with Crippen LogP contribution in [0.25, 0.3) is 5.70 Å². The fourth-order valence-electron chi connectivity index (χ4n) is 2.69. The minimum atomic E-state index is -0.236. The quantitative estimate of drug-likeness (QED) is 0.192. The zero-order chi connectivity index (χ0) is 21.6. The lowest BCUT2D eigenvalue weighted by molar-refractivity contribution is 0.627. The highest BCUT2D eigenvalue weighted by atomic mass is 32.2. The summed E-state index contributed by atoms with van der Waals surface area (Å²) in [5.74, 6) is 0.780. The molecule has 4 heteroatoms. The van der Waals surface area contributed by atoms with Crippen molar-refractivity contribution in [3.05, 3.63) is 83.5 Å². The first-order chi connectivity index (χ1) is 14.0. The van der Waals surface area contributed by atoms with Crippen LogP contribution in [0, 0.1) is 5.82 Å². The summed E-state index contributed by atoms with van der Waals surface area (Å²) < 4.78 is 13.4. The number of rotatable bonds is 8. The topological polar surface area (TPSA) is 25.2 Å². The molecule has 1 aromatic heterocycles. The van der Waals surface area contributed by atoms with Crippen LogP contribution in [0.5, 0.6) is 0 Å². The Morgan fingerprint density at radius 2 is 1.66 bits per heavy atom. The fraction of sp³-hybridized carbons (Fsp3) is 0.360. The standard InChI is InChI=1S/C23H27FN2S.C2H6/c1-17(2)6-5-15-27-19(4)26-23(21-7-9-22(24)10-8-21)18(3)16-20-11-13-25-14-12-20;1-2/h7-14H,1,5-6,15-16H2,2-4H3;1-2H3/b23-18+,26-19?;. The van der Waals surface area contributed by atoms with Gasteiger partial charge in [-0.1, -0.05) is 19.4 Å². The monoisotopic (exact) mass is 412 g/mol. The van der Waals surface area contributed by atoms with E-state index >= 15 is 0 Å². The number of aromatic nitrogens is 1. The molecular formula is C25H33FN2S. The highest BCUT2D eigenvalue weighted by Crippen LogP contribution is 2.25. The average Bonchev–Trinajstić information content (AvgIpc) is 2.72. The van der Waals surface area contributed by atoms with Gasteiger partial charge >= 0.3 is 0 Å². The Bertz CT molecular complexity index is 808. The number of nitrogens with zero attached hydrogens (tertiary/aromatic N) is 2. The van der Waals surface area contributed by atoms with Gasteiger partial charge in [0, 0.05) is 18.0 Å². The minimum absolute atomic E-state index is 0.236. The van der Waals surface area contributed by atoms with Crippen LogP contribution in [0.3, 0.4) is 0 Å². The van der Waals surface area contributed by atoms with Gasteiger partial charge in [0.1, 0.15) is 5.82 Å². The summed E-state index contributed by atoms with van der Waals surface area (Å²) in [5, 5.41) is 1.02. The van der Waals surface area contributed by atoms with E-state index in [1.165, 1.54) is 23.3 Å². The molecule has 2 rings (SSSR count). The fourth-order valence-corrected chi connectivity index (χ4v) is 3.43. The lowest BCUT2D eigenvalue weighted by Gasteiger charge is -2.11. The molecule has 0 radical (unpaired) electrons. The van der Waals surface area contributed by atoms with E-state index in [2.05, 4.69) is 25.4 Å². The summed E-state index contributed by atoms with van der Waals surface area (Å²) in [5.41, 5.74) is 5.39. The second-order valence-corrected chi connectivity index (χ2v) is 8.00. The first-order valence-electron chi connectivity index (χ1n) is 10.1. The molecule has 156 valence electrons.